The highest BCUT2D eigenvalue weighted by atomic mass is 35.5. The molecule has 1 unspecified atom stereocenters. The van der Waals surface area contributed by atoms with Crippen molar-refractivity contribution in [1.82, 2.24) is 5.32 Å². The Morgan fingerprint density at radius 3 is 2.68 bits per heavy atom. The van der Waals surface area contributed by atoms with Gasteiger partial charge in [0.25, 0.3) is 0 Å². The first-order valence-electron chi connectivity index (χ1n) is 6.58. The van der Waals surface area contributed by atoms with Gasteiger partial charge < -0.3 is 11.1 Å². The molecule has 4 heteroatoms. The first kappa shape index (κ1) is 17.9. The van der Waals surface area contributed by atoms with E-state index in [0.717, 1.165) is 12.8 Å². The van der Waals surface area contributed by atoms with E-state index in [1.165, 1.54) is 11.1 Å². The van der Waals surface area contributed by atoms with Gasteiger partial charge in [-0.05, 0) is 32.3 Å². The van der Waals surface area contributed by atoms with Crippen molar-refractivity contribution < 1.29 is 4.79 Å². The maximum absolute atomic E-state index is 11.9. The van der Waals surface area contributed by atoms with Crippen LogP contribution < -0.4 is 11.1 Å². The molecule has 1 aromatic rings. The summed E-state index contributed by atoms with van der Waals surface area (Å²) in [5, 5.41) is 2.91. The standard InChI is InChI=1S/C15H24N2O.ClH/c1-4-9-15(3,16)14(18)17-10-8-13-7-5-6-12(2)11-13;/h5-7,11H,4,8-10,16H2,1-3H3,(H,17,18);1H. The number of nitrogens with one attached hydrogen (secondary N) is 1. The van der Waals surface area contributed by atoms with Crippen molar-refractivity contribution in [1.29, 1.82) is 0 Å². The summed E-state index contributed by atoms with van der Waals surface area (Å²) in [4.78, 5) is 11.9. The highest BCUT2D eigenvalue weighted by Crippen LogP contribution is 2.08. The molecule has 0 aliphatic rings. The second-order valence-electron chi connectivity index (χ2n) is 5.16. The van der Waals surface area contributed by atoms with E-state index in [2.05, 4.69) is 30.4 Å². The quantitative estimate of drug-likeness (QED) is 0.844. The van der Waals surface area contributed by atoms with E-state index >= 15 is 0 Å². The second kappa shape index (κ2) is 8.18. The molecular formula is C15H25ClN2O. The number of hydrogen-bond donors (Lipinski definition) is 2. The minimum absolute atomic E-state index is 0. The zero-order valence-corrected chi connectivity index (χ0v) is 12.8. The fourth-order valence-electron chi connectivity index (χ4n) is 2.02. The minimum Gasteiger partial charge on any atom is -0.354 e. The van der Waals surface area contributed by atoms with Gasteiger partial charge in [0.1, 0.15) is 0 Å². The van der Waals surface area contributed by atoms with Crippen molar-refractivity contribution in [3.05, 3.63) is 35.4 Å². The zero-order chi connectivity index (χ0) is 13.6. The van der Waals surface area contributed by atoms with E-state index in [0.29, 0.717) is 13.0 Å². The Labute approximate surface area is 122 Å². The van der Waals surface area contributed by atoms with Gasteiger partial charge in [-0.25, -0.2) is 0 Å². The maximum Gasteiger partial charge on any atom is 0.239 e. The molecule has 19 heavy (non-hydrogen) atoms. The fourth-order valence-corrected chi connectivity index (χ4v) is 2.02. The van der Waals surface area contributed by atoms with Crippen molar-refractivity contribution in [2.45, 2.75) is 45.6 Å². The Hall–Kier alpha value is -1.06. The molecular weight excluding hydrogens is 260 g/mol. The summed E-state index contributed by atoms with van der Waals surface area (Å²) in [7, 11) is 0. The third-order valence-electron chi connectivity index (χ3n) is 3.07. The van der Waals surface area contributed by atoms with Gasteiger partial charge in [-0.1, -0.05) is 43.2 Å². The first-order valence-corrected chi connectivity index (χ1v) is 6.58. The Kier molecular flexibility index (Phi) is 7.72. The first-order chi connectivity index (χ1) is 8.45. The van der Waals surface area contributed by atoms with E-state index in [4.69, 9.17) is 5.73 Å². The largest absolute Gasteiger partial charge is 0.354 e. The van der Waals surface area contributed by atoms with Crippen LogP contribution in [-0.2, 0) is 11.2 Å². The molecule has 0 bridgehead atoms. The van der Waals surface area contributed by atoms with Crippen molar-refractivity contribution in [2.24, 2.45) is 5.73 Å². The van der Waals surface area contributed by atoms with E-state index in [9.17, 15) is 4.79 Å². The van der Waals surface area contributed by atoms with Crippen LogP contribution in [-0.4, -0.2) is 18.0 Å². The van der Waals surface area contributed by atoms with Gasteiger partial charge in [0.05, 0.1) is 5.54 Å². The number of hydrogen-bond acceptors (Lipinski definition) is 2. The average Bonchev–Trinajstić information content (AvgIpc) is 2.28. The number of amides is 1. The third kappa shape index (κ3) is 6.08. The van der Waals surface area contributed by atoms with Crippen LogP contribution in [0.15, 0.2) is 24.3 Å². The van der Waals surface area contributed by atoms with E-state index in [1.807, 2.05) is 13.0 Å². The Morgan fingerprint density at radius 2 is 2.11 bits per heavy atom. The van der Waals surface area contributed by atoms with Crippen LogP contribution in [0.3, 0.4) is 0 Å². The number of rotatable bonds is 6. The second-order valence-corrected chi connectivity index (χ2v) is 5.16. The van der Waals surface area contributed by atoms with Crippen LogP contribution in [0.1, 0.15) is 37.8 Å². The number of carbonyl (C=O) groups excluding carboxylic acids is 1. The third-order valence-corrected chi connectivity index (χ3v) is 3.07. The lowest BCUT2D eigenvalue weighted by Gasteiger charge is -2.22. The van der Waals surface area contributed by atoms with Crippen LogP contribution in [0.5, 0.6) is 0 Å². The fraction of sp³-hybridized carbons (Fsp3) is 0.533. The van der Waals surface area contributed by atoms with Gasteiger partial charge in [0, 0.05) is 6.54 Å². The highest BCUT2D eigenvalue weighted by Gasteiger charge is 2.26. The van der Waals surface area contributed by atoms with Crippen molar-refractivity contribution in [3.63, 3.8) is 0 Å². The molecule has 0 spiro atoms. The maximum atomic E-state index is 11.9. The molecule has 1 atom stereocenters. The number of benzene rings is 1. The van der Waals surface area contributed by atoms with Crippen molar-refractivity contribution in [3.8, 4) is 0 Å². The van der Waals surface area contributed by atoms with Gasteiger partial charge in [-0.2, -0.15) is 0 Å². The SMILES string of the molecule is CCCC(C)(N)C(=O)NCCc1cccc(C)c1.Cl. The lowest BCUT2D eigenvalue weighted by Crippen LogP contribution is -2.51. The summed E-state index contributed by atoms with van der Waals surface area (Å²) in [6.07, 6.45) is 2.47. The Balaban J connectivity index is 0.00000324. The molecule has 0 aliphatic heterocycles. The van der Waals surface area contributed by atoms with E-state index < -0.39 is 5.54 Å². The van der Waals surface area contributed by atoms with Gasteiger partial charge in [-0.15, -0.1) is 12.4 Å². The topological polar surface area (TPSA) is 55.1 Å². The van der Waals surface area contributed by atoms with Crippen LogP contribution >= 0.6 is 12.4 Å². The summed E-state index contributed by atoms with van der Waals surface area (Å²) >= 11 is 0. The average molecular weight is 285 g/mol. The summed E-state index contributed by atoms with van der Waals surface area (Å²) < 4.78 is 0. The Bertz CT molecular complexity index is 405. The lowest BCUT2D eigenvalue weighted by atomic mass is 9.96. The van der Waals surface area contributed by atoms with Gasteiger partial charge in [0.2, 0.25) is 5.91 Å². The smallest absolute Gasteiger partial charge is 0.239 e. The number of halogens is 1. The molecule has 108 valence electrons. The van der Waals surface area contributed by atoms with Crippen molar-refractivity contribution in [2.75, 3.05) is 6.54 Å². The van der Waals surface area contributed by atoms with Crippen LogP contribution in [0, 0.1) is 6.92 Å². The molecule has 0 saturated heterocycles. The normalized spacial score (nSPS) is 13.3. The summed E-state index contributed by atoms with van der Waals surface area (Å²) in [6.45, 7) is 6.53. The molecule has 1 rings (SSSR count). The van der Waals surface area contributed by atoms with Crippen molar-refractivity contribution >= 4 is 18.3 Å². The van der Waals surface area contributed by atoms with Gasteiger partial charge in [0.15, 0.2) is 0 Å². The molecule has 0 saturated carbocycles. The summed E-state index contributed by atoms with van der Waals surface area (Å²) in [6, 6.07) is 8.32. The molecule has 0 aliphatic carbocycles. The molecule has 0 fully saturated rings. The summed E-state index contributed by atoms with van der Waals surface area (Å²) in [5.41, 5.74) is 7.70. The lowest BCUT2D eigenvalue weighted by molar-refractivity contribution is -0.126. The molecule has 3 nitrogen and oxygen atoms in total. The van der Waals surface area contributed by atoms with Crippen LogP contribution in [0.4, 0.5) is 0 Å². The molecule has 1 amide bonds. The zero-order valence-electron chi connectivity index (χ0n) is 12.0. The number of aryl methyl sites for hydroxylation is 1. The van der Waals surface area contributed by atoms with E-state index in [-0.39, 0.29) is 18.3 Å². The van der Waals surface area contributed by atoms with Crippen LogP contribution in [0.2, 0.25) is 0 Å². The minimum atomic E-state index is -0.749. The van der Waals surface area contributed by atoms with E-state index in [1.54, 1.807) is 6.92 Å². The molecule has 1 aromatic carbocycles. The number of nitrogens with two attached hydrogens (primary N) is 1. The van der Waals surface area contributed by atoms with Crippen LogP contribution in [0.25, 0.3) is 0 Å². The molecule has 0 heterocycles. The predicted octanol–water partition coefficient (Wildman–Crippen LogP) is 2.59. The highest BCUT2D eigenvalue weighted by molar-refractivity contribution is 5.85. The Morgan fingerprint density at radius 1 is 1.42 bits per heavy atom. The molecule has 3 N–H and O–H groups in total. The predicted molar refractivity (Wildman–Crippen MR) is 82.6 cm³/mol. The van der Waals surface area contributed by atoms with Gasteiger partial charge in [-0.3, -0.25) is 4.79 Å². The molecule has 0 aromatic heterocycles. The number of carbonyl (C=O) groups is 1. The summed E-state index contributed by atoms with van der Waals surface area (Å²) in [5.74, 6) is -0.0583. The van der Waals surface area contributed by atoms with Gasteiger partial charge >= 0.3 is 0 Å². The molecule has 0 radical (unpaired) electrons. The monoisotopic (exact) mass is 284 g/mol.